The van der Waals surface area contributed by atoms with Crippen LogP contribution < -0.4 is 5.32 Å². The highest BCUT2D eigenvalue weighted by atomic mass is 32.1. The molecule has 1 N–H and O–H groups in total. The minimum Gasteiger partial charge on any atom is -0.332 e. The van der Waals surface area contributed by atoms with Gasteiger partial charge in [-0.1, -0.05) is 42.5 Å². The maximum atomic E-state index is 13.6. The first kappa shape index (κ1) is 21.1. The lowest BCUT2D eigenvalue weighted by atomic mass is 9.99. The van der Waals surface area contributed by atoms with Gasteiger partial charge in [0, 0.05) is 23.0 Å². The Balaban J connectivity index is 1.48. The van der Waals surface area contributed by atoms with E-state index in [1.54, 1.807) is 18.4 Å². The molecule has 1 aliphatic carbocycles. The number of carbonyl (C=O) groups is 2. The molecule has 0 saturated heterocycles. The number of benzene rings is 2. The molecule has 2 amide bonds. The zero-order chi connectivity index (χ0) is 22.8. The second kappa shape index (κ2) is 9.00. The van der Waals surface area contributed by atoms with Crippen LogP contribution in [0.4, 0.5) is 5.69 Å². The predicted octanol–water partition coefficient (Wildman–Crippen LogP) is 5.49. The quantitative estimate of drug-likeness (QED) is 0.434. The van der Waals surface area contributed by atoms with Gasteiger partial charge in [-0.05, 0) is 59.7 Å². The maximum Gasteiger partial charge on any atom is 0.255 e. The van der Waals surface area contributed by atoms with Gasteiger partial charge in [0.1, 0.15) is 0 Å². The van der Waals surface area contributed by atoms with Gasteiger partial charge in [0.2, 0.25) is 5.91 Å². The number of hydrogen-bond donors (Lipinski definition) is 1. The molecule has 0 bridgehead atoms. The number of amides is 2. The Morgan fingerprint density at radius 3 is 2.61 bits per heavy atom. The molecule has 0 unspecified atom stereocenters. The molecule has 0 atom stereocenters. The van der Waals surface area contributed by atoms with Crippen molar-refractivity contribution in [1.82, 2.24) is 9.88 Å². The smallest absolute Gasteiger partial charge is 0.255 e. The van der Waals surface area contributed by atoms with Gasteiger partial charge in [-0.15, -0.1) is 11.3 Å². The summed E-state index contributed by atoms with van der Waals surface area (Å²) >= 11 is 1.69. The Morgan fingerprint density at radius 1 is 1.03 bits per heavy atom. The number of likely N-dealkylation sites (N-methyl/N-ethyl adjacent to an activating group) is 1. The molecule has 2 heterocycles. The number of anilines is 1. The van der Waals surface area contributed by atoms with Gasteiger partial charge in [-0.3, -0.25) is 9.59 Å². The van der Waals surface area contributed by atoms with Crippen LogP contribution in [0.25, 0.3) is 22.6 Å². The van der Waals surface area contributed by atoms with Gasteiger partial charge < -0.3 is 10.2 Å². The number of hydrogen-bond acceptors (Lipinski definition) is 4. The fourth-order valence-electron chi connectivity index (χ4n) is 4.27. The minimum absolute atomic E-state index is 0.0307. The second-order valence-electron chi connectivity index (χ2n) is 8.09. The first-order chi connectivity index (χ1) is 16.1. The summed E-state index contributed by atoms with van der Waals surface area (Å²) in [5, 5.41) is 5.73. The molecule has 2 aromatic carbocycles. The molecule has 0 radical (unpaired) electrons. The van der Waals surface area contributed by atoms with Gasteiger partial charge in [-0.25, -0.2) is 4.98 Å². The van der Waals surface area contributed by atoms with Crippen LogP contribution in [0.15, 0.2) is 72.1 Å². The van der Waals surface area contributed by atoms with E-state index in [2.05, 4.69) is 22.8 Å². The summed E-state index contributed by atoms with van der Waals surface area (Å²) in [5.74, 6) is -0.393. The third kappa shape index (κ3) is 4.30. The summed E-state index contributed by atoms with van der Waals surface area (Å²) < 4.78 is 0. The number of thiophene rings is 1. The molecule has 0 aliphatic heterocycles. The summed E-state index contributed by atoms with van der Waals surface area (Å²) in [6.45, 7) is -0.0307. The van der Waals surface area contributed by atoms with E-state index in [9.17, 15) is 9.59 Å². The number of para-hydroxylation sites is 2. The molecular weight excluding hydrogens is 430 g/mol. The van der Waals surface area contributed by atoms with Gasteiger partial charge in [-0.2, -0.15) is 0 Å². The normalized spacial score (nSPS) is 13.8. The molecule has 5 rings (SSSR count). The predicted molar refractivity (Wildman–Crippen MR) is 134 cm³/mol. The van der Waals surface area contributed by atoms with E-state index < -0.39 is 0 Å². The molecule has 33 heavy (non-hydrogen) atoms. The van der Waals surface area contributed by atoms with Gasteiger partial charge in [0.05, 0.1) is 23.3 Å². The van der Waals surface area contributed by atoms with Crippen LogP contribution in [0, 0.1) is 0 Å². The number of pyridine rings is 1. The number of rotatable bonds is 5. The number of aromatic nitrogens is 1. The zero-order valence-electron chi connectivity index (χ0n) is 18.2. The molecule has 5 nitrogen and oxygen atoms in total. The highest BCUT2D eigenvalue weighted by Crippen LogP contribution is 2.38. The average molecular weight is 454 g/mol. The highest BCUT2D eigenvalue weighted by molar-refractivity contribution is 7.10. The number of allylic oxidation sites excluding steroid dienone is 1. The van der Waals surface area contributed by atoms with Crippen molar-refractivity contribution in [3.05, 3.63) is 93.8 Å². The van der Waals surface area contributed by atoms with Crippen LogP contribution in [0.3, 0.4) is 0 Å². The zero-order valence-corrected chi connectivity index (χ0v) is 19.1. The van der Waals surface area contributed by atoms with Crippen molar-refractivity contribution in [2.75, 3.05) is 18.9 Å². The molecule has 0 spiro atoms. The maximum absolute atomic E-state index is 13.6. The Hall–Kier alpha value is -3.77. The molecule has 4 aromatic rings. The van der Waals surface area contributed by atoms with Gasteiger partial charge in [0.25, 0.3) is 5.91 Å². The highest BCUT2D eigenvalue weighted by Gasteiger charge is 2.28. The Morgan fingerprint density at radius 2 is 1.82 bits per heavy atom. The lowest BCUT2D eigenvalue weighted by Gasteiger charge is -2.20. The monoisotopic (exact) mass is 453 g/mol. The van der Waals surface area contributed by atoms with E-state index in [0.717, 1.165) is 40.6 Å². The first-order valence-electron chi connectivity index (χ1n) is 10.9. The van der Waals surface area contributed by atoms with Crippen LogP contribution in [-0.4, -0.2) is 35.3 Å². The molecule has 1 aliphatic rings. The topological polar surface area (TPSA) is 62.3 Å². The SMILES string of the molecule is CN(CC(=O)Nc1ccccc1)C(=O)c1c2c(nc3ccccc13)/C(=C/c1cccs1)CC2. The number of nitrogens with zero attached hydrogens (tertiary/aromatic N) is 2. The average Bonchev–Trinajstić information content (AvgIpc) is 3.48. The Labute approximate surface area is 196 Å². The fraction of sp³-hybridized carbons (Fsp3) is 0.148. The minimum atomic E-state index is -0.231. The molecule has 2 aromatic heterocycles. The summed E-state index contributed by atoms with van der Waals surface area (Å²) in [7, 11) is 1.67. The first-order valence-corrected chi connectivity index (χ1v) is 11.7. The Kier molecular flexibility index (Phi) is 5.75. The largest absolute Gasteiger partial charge is 0.332 e. The van der Waals surface area contributed by atoms with E-state index in [1.807, 2.05) is 60.7 Å². The van der Waals surface area contributed by atoms with Crippen molar-refractivity contribution >= 4 is 51.4 Å². The number of fused-ring (bicyclic) bond motifs is 2. The molecule has 0 fully saturated rings. The molecule has 164 valence electrons. The van der Waals surface area contributed by atoms with Crippen LogP contribution in [0.2, 0.25) is 0 Å². The van der Waals surface area contributed by atoms with Crippen LogP contribution in [0.1, 0.15) is 32.9 Å². The lowest BCUT2D eigenvalue weighted by Crippen LogP contribution is -2.35. The van der Waals surface area contributed by atoms with Crippen molar-refractivity contribution in [1.29, 1.82) is 0 Å². The van der Waals surface area contributed by atoms with E-state index >= 15 is 0 Å². The number of nitrogens with one attached hydrogen (secondary N) is 1. The van der Waals surface area contributed by atoms with Crippen molar-refractivity contribution < 1.29 is 9.59 Å². The molecule has 6 heteroatoms. The fourth-order valence-corrected chi connectivity index (χ4v) is 4.95. The number of carbonyl (C=O) groups excluding carboxylic acids is 2. The standard InChI is InChI=1S/C27H23N3O2S/c1-30(17-24(31)28-19-8-3-2-4-9-19)27(32)25-21-11-5-6-12-23(21)29-26-18(13-14-22(25)26)16-20-10-7-15-33-20/h2-12,15-16H,13-14,17H2,1H3,(H,28,31)/b18-16+. The van der Waals surface area contributed by atoms with Gasteiger partial charge >= 0.3 is 0 Å². The summed E-state index contributed by atoms with van der Waals surface area (Å²) in [6.07, 6.45) is 3.77. The van der Waals surface area contributed by atoms with E-state index in [0.29, 0.717) is 11.3 Å². The van der Waals surface area contributed by atoms with Crippen molar-refractivity contribution in [3.63, 3.8) is 0 Å². The van der Waals surface area contributed by atoms with E-state index in [-0.39, 0.29) is 18.4 Å². The van der Waals surface area contributed by atoms with E-state index in [4.69, 9.17) is 4.98 Å². The Bertz CT molecular complexity index is 1360. The summed E-state index contributed by atoms with van der Waals surface area (Å²) in [4.78, 5) is 33.8. The molecular formula is C27H23N3O2S. The van der Waals surface area contributed by atoms with Crippen LogP contribution in [0.5, 0.6) is 0 Å². The summed E-state index contributed by atoms with van der Waals surface area (Å²) in [6, 6.07) is 21.1. The third-order valence-electron chi connectivity index (χ3n) is 5.80. The van der Waals surface area contributed by atoms with Crippen LogP contribution >= 0.6 is 11.3 Å². The van der Waals surface area contributed by atoms with Crippen molar-refractivity contribution in [2.45, 2.75) is 12.8 Å². The van der Waals surface area contributed by atoms with E-state index in [1.165, 1.54) is 9.78 Å². The lowest BCUT2D eigenvalue weighted by molar-refractivity contribution is -0.116. The van der Waals surface area contributed by atoms with Crippen molar-refractivity contribution in [3.8, 4) is 0 Å². The molecule has 0 saturated carbocycles. The van der Waals surface area contributed by atoms with Gasteiger partial charge in [0.15, 0.2) is 0 Å². The summed E-state index contributed by atoms with van der Waals surface area (Å²) in [5.41, 5.74) is 5.17. The second-order valence-corrected chi connectivity index (χ2v) is 9.07. The van der Waals surface area contributed by atoms with Crippen LogP contribution in [-0.2, 0) is 11.2 Å². The third-order valence-corrected chi connectivity index (χ3v) is 6.62. The van der Waals surface area contributed by atoms with Crippen molar-refractivity contribution in [2.24, 2.45) is 0 Å².